The molecule has 0 saturated heterocycles. The van der Waals surface area contributed by atoms with Gasteiger partial charge in [-0.3, -0.25) is 0 Å². The van der Waals surface area contributed by atoms with E-state index in [1.165, 1.54) is 12.1 Å². The van der Waals surface area contributed by atoms with Crippen molar-refractivity contribution in [1.29, 1.82) is 0 Å². The van der Waals surface area contributed by atoms with Crippen molar-refractivity contribution >= 4 is 23.9 Å². The second kappa shape index (κ2) is 5.65. The molecule has 1 N–H and O–H groups in total. The van der Waals surface area contributed by atoms with Gasteiger partial charge in [0.2, 0.25) is 5.90 Å². The van der Waals surface area contributed by atoms with Gasteiger partial charge < -0.3 is 9.84 Å². The van der Waals surface area contributed by atoms with E-state index >= 15 is 0 Å². The number of carbonyl (C=O) groups excluding carboxylic acids is 1. The van der Waals surface area contributed by atoms with Crippen LogP contribution in [0.1, 0.15) is 21.5 Å². The Labute approximate surface area is 126 Å². The van der Waals surface area contributed by atoms with Gasteiger partial charge in [0.25, 0.3) is 0 Å². The van der Waals surface area contributed by atoms with E-state index in [1.54, 1.807) is 30.3 Å². The fraction of sp³-hybridized carbons (Fsp3) is 0. The first kappa shape index (κ1) is 13.8. The molecule has 5 heteroatoms. The lowest BCUT2D eigenvalue weighted by atomic mass is 10.1. The van der Waals surface area contributed by atoms with Crippen molar-refractivity contribution in [2.75, 3.05) is 0 Å². The summed E-state index contributed by atoms with van der Waals surface area (Å²) in [6.07, 6.45) is 1.56. The summed E-state index contributed by atoms with van der Waals surface area (Å²) < 4.78 is 5.14. The normalized spacial score (nSPS) is 15.5. The lowest BCUT2D eigenvalue weighted by Crippen LogP contribution is -2.04. The van der Waals surface area contributed by atoms with Gasteiger partial charge in [-0.1, -0.05) is 30.3 Å². The highest BCUT2D eigenvalue weighted by Gasteiger charge is 2.23. The Morgan fingerprint density at radius 3 is 2.36 bits per heavy atom. The fourth-order valence-electron chi connectivity index (χ4n) is 1.99. The Kier molecular flexibility index (Phi) is 3.53. The van der Waals surface area contributed by atoms with Crippen LogP contribution in [0.15, 0.2) is 65.3 Å². The quantitative estimate of drug-likeness (QED) is 0.697. The average Bonchev–Trinajstić information content (AvgIpc) is 2.90. The molecule has 3 rings (SSSR count). The molecule has 0 spiro atoms. The van der Waals surface area contributed by atoms with Gasteiger partial charge in [-0.2, -0.15) is 0 Å². The lowest BCUT2D eigenvalue weighted by molar-refractivity contribution is -0.129. The van der Waals surface area contributed by atoms with Crippen molar-refractivity contribution in [1.82, 2.24) is 0 Å². The number of hydrogen-bond donors (Lipinski definition) is 1. The molecular weight excluding hydrogens is 282 g/mol. The van der Waals surface area contributed by atoms with Crippen LogP contribution in [0.4, 0.5) is 0 Å². The summed E-state index contributed by atoms with van der Waals surface area (Å²) in [6, 6.07) is 15.3. The van der Waals surface area contributed by atoms with E-state index in [-0.39, 0.29) is 17.2 Å². The molecule has 1 aliphatic rings. The Bertz CT molecular complexity index is 789. The second-order valence-electron chi connectivity index (χ2n) is 4.63. The maximum atomic E-state index is 11.8. The molecule has 0 bridgehead atoms. The number of aromatic carboxylic acids is 1. The molecule has 0 atom stereocenters. The number of carboxylic acid groups (broad SMARTS) is 1. The fourth-order valence-corrected chi connectivity index (χ4v) is 1.99. The molecule has 0 saturated carbocycles. The largest absolute Gasteiger partial charge is 0.478 e. The van der Waals surface area contributed by atoms with Crippen LogP contribution in [-0.4, -0.2) is 22.9 Å². The standard InChI is InChI=1S/C17H11NO4/c19-16(20)13-8-6-11(7-9-13)10-14-17(21)22-15(18-14)12-4-2-1-3-5-12/h1-10H,(H,19,20)/b14-10-. The van der Waals surface area contributed by atoms with E-state index in [0.717, 1.165) is 5.56 Å². The summed E-state index contributed by atoms with van der Waals surface area (Å²) in [5.41, 5.74) is 1.77. The van der Waals surface area contributed by atoms with Crippen LogP contribution in [-0.2, 0) is 9.53 Å². The highest BCUT2D eigenvalue weighted by Crippen LogP contribution is 2.19. The molecule has 2 aromatic carbocycles. The predicted octanol–water partition coefficient (Wildman–Crippen LogP) is 2.73. The number of ether oxygens (including phenoxy) is 1. The van der Waals surface area contributed by atoms with Gasteiger partial charge in [0.05, 0.1) is 5.56 Å². The van der Waals surface area contributed by atoms with E-state index in [0.29, 0.717) is 5.56 Å². The minimum absolute atomic E-state index is 0.182. The van der Waals surface area contributed by atoms with Gasteiger partial charge >= 0.3 is 11.9 Å². The van der Waals surface area contributed by atoms with E-state index in [1.807, 2.05) is 18.2 Å². The van der Waals surface area contributed by atoms with E-state index in [9.17, 15) is 9.59 Å². The SMILES string of the molecule is O=C1OC(c2ccccc2)=N/C1=C\c1ccc(C(=O)O)cc1. The smallest absolute Gasteiger partial charge is 0.363 e. The molecule has 1 aliphatic heterocycles. The average molecular weight is 293 g/mol. The van der Waals surface area contributed by atoms with Crippen LogP contribution in [0.3, 0.4) is 0 Å². The second-order valence-corrected chi connectivity index (χ2v) is 4.63. The van der Waals surface area contributed by atoms with E-state index in [2.05, 4.69) is 4.99 Å². The Morgan fingerprint density at radius 1 is 1.05 bits per heavy atom. The van der Waals surface area contributed by atoms with Crippen molar-refractivity contribution in [2.24, 2.45) is 4.99 Å². The molecule has 0 unspecified atom stereocenters. The third kappa shape index (κ3) is 2.78. The summed E-state index contributed by atoms with van der Waals surface area (Å²) in [4.78, 5) is 26.8. The molecule has 0 fully saturated rings. The highest BCUT2D eigenvalue weighted by atomic mass is 16.6. The van der Waals surface area contributed by atoms with Crippen molar-refractivity contribution in [3.05, 3.63) is 77.0 Å². The third-order valence-electron chi connectivity index (χ3n) is 3.10. The van der Waals surface area contributed by atoms with Gasteiger partial charge in [-0.25, -0.2) is 14.6 Å². The highest BCUT2D eigenvalue weighted by molar-refractivity contribution is 6.12. The van der Waals surface area contributed by atoms with E-state index < -0.39 is 11.9 Å². The van der Waals surface area contributed by atoms with Crippen LogP contribution in [0.2, 0.25) is 0 Å². The summed E-state index contributed by atoms with van der Waals surface area (Å²) in [7, 11) is 0. The van der Waals surface area contributed by atoms with Gasteiger partial charge in [0.15, 0.2) is 5.70 Å². The first-order chi connectivity index (χ1) is 10.6. The maximum Gasteiger partial charge on any atom is 0.363 e. The van der Waals surface area contributed by atoms with Crippen LogP contribution >= 0.6 is 0 Å². The minimum atomic E-state index is -0.996. The molecule has 5 nitrogen and oxygen atoms in total. The van der Waals surface area contributed by atoms with Gasteiger partial charge in [-0.05, 0) is 35.9 Å². The van der Waals surface area contributed by atoms with Crippen molar-refractivity contribution in [2.45, 2.75) is 0 Å². The van der Waals surface area contributed by atoms with Crippen LogP contribution in [0.25, 0.3) is 6.08 Å². The molecule has 0 radical (unpaired) electrons. The maximum absolute atomic E-state index is 11.8. The van der Waals surface area contributed by atoms with Crippen LogP contribution in [0, 0.1) is 0 Å². The molecule has 0 aromatic heterocycles. The van der Waals surface area contributed by atoms with Crippen LogP contribution < -0.4 is 0 Å². The number of aliphatic imine (C=N–C) groups is 1. The zero-order chi connectivity index (χ0) is 15.5. The number of cyclic esters (lactones) is 1. The monoisotopic (exact) mass is 293 g/mol. The number of nitrogens with zero attached hydrogens (tertiary/aromatic N) is 1. The van der Waals surface area contributed by atoms with Crippen LogP contribution in [0.5, 0.6) is 0 Å². The lowest BCUT2D eigenvalue weighted by Gasteiger charge is -1.97. The first-order valence-electron chi connectivity index (χ1n) is 6.55. The van der Waals surface area contributed by atoms with Crippen molar-refractivity contribution < 1.29 is 19.4 Å². The zero-order valence-electron chi connectivity index (χ0n) is 11.4. The molecule has 1 heterocycles. The summed E-state index contributed by atoms with van der Waals surface area (Å²) in [6.45, 7) is 0. The Hall–Kier alpha value is -3.21. The van der Waals surface area contributed by atoms with Crippen molar-refractivity contribution in [3.63, 3.8) is 0 Å². The number of hydrogen-bond acceptors (Lipinski definition) is 4. The van der Waals surface area contributed by atoms with E-state index in [4.69, 9.17) is 9.84 Å². The Morgan fingerprint density at radius 2 is 1.73 bits per heavy atom. The number of rotatable bonds is 3. The number of esters is 1. The molecule has 2 aromatic rings. The zero-order valence-corrected chi connectivity index (χ0v) is 11.4. The summed E-state index contributed by atoms with van der Waals surface area (Å²) in [5, 5.41) is 8.85. The first-order valence-corrected chi connectivity index (χ1v) is 6.55. The molecule has 22 heavy (non-hydrogen) atoms. The van der Waals surface area contributed by atoms with Gasteiger partial charge in [0.1, 0.15) is 0 Å². The number of carbonyl (C=O) groups is 2. The predicted molar refractivity (Wildman–Crippen MR) is 80.4 cm³/mol. The van der Waals surface area contributed by atoms with Gasteiger partial charge in [-0.15, -0.1) is 0 Å². The molecule has 0 aliphatic carbocycles. The topological polar surface area (TPSA) is 76.0 Å². The molecule has 108 valence electrons. The van der Waals surface area contributed by atoms with Crippen molar-refractivity contribution in [3.8, 4) is 0 Å². The summed E-state index contributed by atoms with van der Waals surface area (Å²) in [5.74, 6) is -1.26. The number of carboxylic acids is 1. The molecule has 0 amide bonds. The Balaban J connectivity index is 1.89. The number of benzene rings is 2. The van der Waals surface area contributed by atoms with Gasteiger partial charge in [0, 0.05) is 5.56 Å². The third-order valence-corrected chi connectivity index (χ3v) is 3.10. The summed E-state index contributed by atoms with van der Waals surface area (Å²) >= 11 is 0. The molecular formula is C17H11NO4. The minimum Gasteiger partial charge on any atom is -0.478 e.